The Morgan fingerprint density at radius 1 is 1.23 bits per heavy atom. The third kappa shape index (κ3) is 2.89. The summed E-state index contributed by atoms with van der Waals surface area (Å²) in [4.78, 5) is 18.6. The number of nitrogens with zero attached hydrogens (tertiary/aromatic N) is 2. The van der Waals surface area contributed by atoms with Crippen LogP contribution in [0.15, 0.2) is 30.3 Å². The van der Waals surface area contributed by atoms with Crippen molar-refractivity contribution in [2.75, 3.05) is 11.4 Å². The molecule has 0 atom stereocenters. The average Bonchev–Trinajstić information content (AvgIpc) is 2.49. The second-order valence-electron chi connectivity index (χ2n) is 6.17. The molecule has 22 heavy (non-hydrogen) atoms. The summed E-state index contributed by atoms with van der Waals surface area (Å²) in [5, 5.41) is 0. The van der Waals surface area contributed by atoms with E-state index in [0.29, 0.717) is 6.42 Å². The number of Topliss-reactive ketones (excluding diaryl/α,β-unsaturated/α-hetero) is 1. The molecule has 0 N–H and O–H groups in total. The lowest BCUT2D eigenvalue weighted by molar-refractivity contribution is -0.116. The number of hydrogen-bond donors (Lipinski definition) is 0. The van der Waals surface area contributed by atoms with Crippen LogP contribution in [0.1, 0.15) is 35.0 Å². The van der Waals surface area contributed by atoms with Crippen molar-refractivity contribution in [1.29, 1.82) is 0 Å². The molecule has 1 aliphatic heterocycles. The molecule has 0 bridgehead atoms. The molecule has 114 valence electrons. The summed E-state index contributed by atoms with van der Waals surface area (Å²) in [7, 11) is 0. The molecule has 0 saturated heterocycles. The molecular formula is C19H22N2O. The second kappa shape index (κ2) is 5.91. The summed E-state index contributed by atoms with van der Waals surface area (Å²) in [6.45, 7) is 7.57. The second-order valence-corrected chi connectivity index (χ2v) is 6.17. The van der Waals surface area contributed by atoms with Crippen LogP contribution in [-0.4, -0.2) is 17.3 Å². The highest BCUT2D eigenvalue weighted by Crippen LogP contribution is 2.29. The number of rotatable bonds is 3. The van der Waals surface area contributed by atoms with Gasteiger partial charge in [-0.2, -0.15) is 0 Å². The number of fused-ring (bicyclic) bond motifs is 1. The zero-order chi connectivity index (χ0) is 15.7. The lowest BCUT2D eigenvalue weighted by Crippen LogP contribution is -2.31. The molecule has 3 nitrogen and oxygen atoms in total. The minimum atomic E-state index is 0.187. The van der Waals surface area contributed by atoms with Gasteiger partial charge in [-0.05, 0) is 44.4 Å². The maximum Gasteiger partial charge on any atom is 0.134 e. The summed E-state index contributed by atoms with van der Waals surface area (Å²) >= 11 is 0. The van der Waals surface area contributed by atoms with E-state index in [0.717, 1.165) is 36.5 Å². The zero-order valence-corrected chi connectivity index (χ0v) is 13.5. The molecule has 2 heterocycles. The average molecular weight is 294 g/mol. The predicted molar refractivity (Wildman–Crippen MR) is 89.3 cm³/mol. The molecule has 3 rings (SSSR count). The third-order valence-corrected chi connectivity index (χ3v) is 4.33. The Labute approximate surface area is 132 Å². The molecule has 0 radical (unpaired) electrons. The molecule has 2 aromatic rings. The lowest BCUT2D eigenvalue weighted by Gasteiger charge is -2.32. The van der Waals surface area contributed by atoms with Crippen LogP contribution in [-0.2, 0) is 24.2 Å². The molecule has 1 aromatic heterocycles. The largest absolute Gasteiger partial charge is 0.367 e. The Balaban J connectivity index is 2.00. The van der Waals surface area contributed by atoms with Crippen molar-refractivity contribution in [1.82, 2.24) is 4.98 Å². The van der Waals surface area contributed by atoms with Gasteiger partial charge in [0.15, 0.2) is 0 Å². The van der Waals surface area contributed by atoms with E-state index in [2.05, 4.69) is 40.2 Å². The van der Waals surface area contributed by atoms with E-state index in [1.165, 1.54) is 16.8 Å². The summed E-state index contributed by atoms with van der Waals surface area (Å²) in [6, 6.07) is 10.7. The molecule has 0 fully saturated rings. The van der Waals surface area contributed by atoms with Crippen molar-refractivity contribution in [3.05, 3.63) is 58.4 Å². The monoisotopic (exact) mass is 294 g/mol. The van der Waals surface area contributed by atoms with Crippen LogP contribution in [0.2, 0.25) is 0 Å². The molecular weight excluding hydrogens is 272 g/mol. The minimum absolute atomic E-state index is 0.187. The van der Waals surface area contributed by atoms with Crippen LogP contribution in [0.5, 0.6) is 0 Å². The lowest BCUT2D eigenvalue weighted by atomic mass is 9.97. The Morgan fingerprint density at radius 2 is 1.95 bits per heavy atom. The number of hydrogen-bond acceptors (Lipinski definition) is 3. The first-order chi connectivity index (χ1) is 10.5. The Kier molecular flexibility index (Phi) is 3.97. The minimum Gasteiger partial charge on any atom is -0.367 e. The van der Waals surface area contributed by atoms with Crippen LogP contribution in [0, 0.1) is 13.8 Å². The van der Waals surface area contributed by atoms with Gasteiger partial charge >= 0.3 is 0 Å². The molecule has 3 heteroatoms. The molecule has 0 spiro atoms. The fourth-order valence-corrected chi connectivity index (χ4v) is 3.29. The highest BCUT2D eigenvalue weighted by molar-refractivity contribution is 5.80. The van der Waals surface area contributed by atoms with Crippen molar-refractivity contribution in [3.8, 4) is 0 Å². The zero-order valence-electron chi connectivity index (χ0n) is 13.5. The van der Waals surface area contributed by atoms with E-state index < -0.39 is 0 Å². The van der Waals surface area contributed by atoms with Gasteiger partial charge < -0.3 is 4.90 Å². The predicted octanol–water partition coefficient (Wildman–Crippen LogP) is 3.39. The van der Waals surface area contributed by atoms with Gasteiger partial charge in [0.1, 0.15) is 5.78 Å². The number of aryl methyl sites for hydroxylation is 2. The van der Waals surface area contributed by atoms with Gasteiger partial charge in [0.25, 0.3) is 0 Å². The van der Waals surface area contributed by atoms with Crippen LogP contribution < -0.4 is 4.90 Å². The van der Waals surface area contributed by atoms with E-state index in [1.54, 1.807) is 6.92 Å². The van der Waals surface area contributed by atoms with E-state index in [4.69, 9.17) is 0 Å². The van der Waals surface area contributed by atoms with E-state index in [-0.39, 0.29) is 5.78 Å². The fourth-order valence-electron chi connectivity index (χ4n) is 3.29. The van der Waals surface area contributed by atoms with Crippen molar-refractivity contribution in [2.24, 2.45) is 0 Å². The van der Waals surface area contributed by atoms with Crippen molar-refractivity contribution in [2.45, 2.75) is 40.2 Å². The quantitative estimate of drug-likeness (QED) is 0.870. The molecule has 1 aliphatic rings. The maximum absolute atomic E-state index is 11.6. The maximum atomic E-state index is 11.6. The number of pyridine rings is 1. The first kappa shape index (κ1) is 14.8. The van der Waals surface area contributed by atoms with Crippen LogP contribution >= 0.6 is 0 Å². The number of benzene rings is 1. The highest BCUT2D eigenvalue weighted by atomic mass is 16.1. The molecule has 0 unspecified atom stereocenters. The standard InChI is InChI=1S/C19H22N2O/c1-13-10-19(18(11-14(2)22)15(3)20-13)21-9-8-16-6-4-5-7-17(16)12-21/h4-7,10H,8-9,11-12H2,1-3H3. The van der Waals surface area contributed by atoms with Gasteiger partial charge in [0.05, 0.1) is 0 Å². The smallest absolute Gasteiger partial charge is 0.134 e. The Bertz CT molecular complexity index is 721. The van der Waals surface area contributed by atoms with Crippen LogP contribution in [0.4, 0.5) is 5.69 Å². The SMILES string of the molecule is CC(=O)Cc1c(N2CCc3ccccc3C2)cc(C)nc1C. The van der Waals surface area contributed by atoms with Crippen molar-refractivity contribution in [3.63, 3.8) is 0 Å². The van der Waals surface area contributed by atoms with Gasteiger partial charge in [-0.1, -0.05) is 24.3 Å². The molecule has 0 aliphatic carbocycles. The number of ketones is 1. The first-order valence-corrected chi connectivity index (χ1v) is 7.83. The summed E-state index contributed by atoms with van der Waals surface area (Å²) in [6.07, 6.45) is 1.52. The number of carbonyl (C=O) groups excluding carboxylic acids is 1. The van der Waals surface area contributed by atoms with Gasteiger partial charge in [-0.15, -0.1) is 0 Å². The third-order valence-electron chi connectivity index (χ3n) is 4.33. The summed E-state index contributed by atoms with van der Waals surface area (Å²) in [5.41, 5.74) is 7.07. The van der Waals surface area contributed by atoms with E-state index in [1.807, 2.05) is 13.8 Å². The van der Waals surface area contributed by atoms with Gasteiger partial charge in [-0.3, -0.25) is 9.78 Å². The molecule has 0 saturated carbocycles. The summed E-state index contributed by atoms with van der Waals surface area (Å²) < 4.78 is 0. The Morgan fingerprint density at radius 3 is 2.68 bits per heavy atom. The first-order valence-electron chi connectivity index (χ1n) is 7.83. The Hall–Kier alpha value is -2.16. The number of aromatic nitrogens is 1. The van der Waals surface area contributed by atoms with Crippen LogP contribution in [0.3, 0.4) is 0 Å². The topological polar surface area (TPSA) is 33.2 Å². The fraction of sp³-hybridized carbons (Fsp3) is 0.368. The normalized spacial score (nSPS) is 13.9. The van der Waals surface area contributed by atoms with Gasteiger partial charge in [0.2, 0.25) is 0 Å². The van der Waals surface area contributed by atoms with Crippen molar-refractivity contribution < 1.29 is 4.79 Å². The number of anilines is 1. The molecule has 1 aromatic carbocycles. The van der Waals surface area contributed by atoms with Gasteiger partial charge in [0, 0.05) is 42.1 Å². The van der Waals surface area contributed by atoms with Crippen LogP contribution in [0.25, 0.3) is 0 Å². The van der Waals surface area contributed by atoms with E-state index >= 15 is 0 Å². The summed E-state index contributed by atoms with van der Waals surface area (Å²) in [5.74, 6) is 0.187. The number of carbonyl (C=O) groups is 1. The van der Waals surface area contributed by atoms with E-state index in [9.17, 15) is 4.79 Å². The van der Waals surface area contributed by atoms with Gasteiger partial charge in [-0.25, -0.2) is 0 Å². The highest BCUT2D eigenvalue weighted by Gasteiger charge is 2.20. The van der Waals surface area contributed by atoms with Crippen molar-refractivity contribution >= 4 is 11.5 Å². The molecule has 0 amide bonds.